The highest BCUT2D eigenvalue weighted by Gasteiger charge is 2.25. The Hall–Kier alpha value is -3.01. The fourth-order valence-corrected chi connectivity index (χ4v) is 5.08. The summed E-state index contributed by atoms with van der Waals surface area (Å²) in [6.45, 7) is 0.616. The highest BCUT2D eigenvalue weighted by Crippen LogP contribution is 2.28. The zero-order valence-corrected chi connectivity index (χ0v) is 17.2. The van der Waals surface area contributed by atoms with E-state index in [-0.39, 0.29) is 35.9 Å². The lowest BCUT2D eigenvalue weighted by molar-refractivity contribution is 0.0696. The Morgan fingerprint density at radius 2 is 1.83 bits per heavy atom. The van der Waals surface area contributed by atoms with E-state index in [1.54, 1.807) is 36.4 Å². The largest absolute Gasteiger partial charge is 0.478 e. The van der Waals surface area contributed by atoms with Gasteiger partial charge in [0.05, 0.1) is 10.5 Å². The van der Waals surface area contributed by atoms with Crippen LogP contribution in [0.3, 0.4) is 0 Å². The second kappa shape index (κ2) is 9.21. The number of aryl methyl sites for hydroxylation is 1. The van der Waals surface area contributed by atoms with Crippen LogP contribution in [0.1, 0.15) is 22.3 Å². The lowest BCUT2D eigenvalue weighted by atomic mass is 10.1. The number of hydrogen-bond donors (Lipinski definition) is 3. The number of aromatic nitrogens is 1. The summed E-state index contributed by atoms with van der Waals surface area (Å²) in [7, 11) is -3.81. The molecule has 0 amide bonds. The molecule has 0 saturated carbocycles. The summed E-state index contributed by atoms with van der Waals surface area (Å²) in [5, 5.41) is 10.2. The van der Waals surface area contributed by atoms with Gasteiger partial charge in [-0.05, 0) is 42.7 Å². The van der Waals surface area contributed by atoms with E-state index in [1.165, 1.54) is 16.6 Å². The predicted molar refractivity (Wildman–Crippen MR) is 116 cm³/mol. The van der Waals surface area contributed by atoms with E-state index in [1.807, 2.05) is 6.07 Å². The van der Waals surface area contributed by atoms with Crippen molar-refractivity contribution in [3.8, 4) is 0 Å². The Bertz CT molecular complexity index is 1160. The molecule has 0 aliphatic rings. The van der Waals surface area contributed by atoms with Crippen LogP contribution in [0.5, 0.6) is 0 Å². The summed E-state index contributed by atoms with van der Waals surface area (Å²) in [5.74, 6) is -0.720. The average Bonchev–Trinajstić information content (AvgIpc) is 2.73. The number of nitrogen functional groups attached to an aromatic ring is 1. The Morgan fingerprint density at radius 3 is 2.57 bits per heavy atom. The van der Waals surface area contributed by atoms with Crippen molar-refractivity contribution in [2.24, 2.45) is 5.73 Å². The van der Waals surface area contributed by atoms with Gasteiger partial charge in [-0.3, -0.25) is 0 Å². The van der Waals surface area contributed by atoms with Crippen molar-refractivity contribution >= 4 is 32.6 Å². The quantitative estimate of drug-likeness (QED) is 0.474. The van der Waals surface area contributed by atoms with E-state index >= 15 is 0 Å². The number of nitrogens with zero attached hydrogens (tertiary/aromatic N) is 2. The van der Waals surface area contributed by atoms with Crippen molar-refractivity contribution in [1.82, 2.24) is 9.29 Å². The van der Waals surface area contributed by atoms with Crippen LogP contribution in [0.2, 0.25) is 0 Å². The van der Waals surface area contributed by atoms with Crippen LogP contribution >= 0.6 is 0 Å². The van der Waals surface area contributed by atoms with Gasteiger partial charge in [0.2, 0.25) is 10.0 Å². The summed E-state index contributed by atoms with van der Waals surface area (Å²) in [6, 6.07) is 13.2. The summed E-state index contributed by atoms with van der Waals surface area (Å²) >= 11 is 0. The predicted octanol–water partition coefficient (Wildman–Crippen LogP) is 2.10. The third kappa shape index (κ3) is 4.59. The summed E-state index contributed by atoms with van der Waals surface area (Å²) < 4.78 is 28.1. The van der Waals surface area contributed by atoms with E-state index in [2.05, 4.69) is 4.98 Å². The zero-order valence-electron chi connectivity index (χ0n) is 16.4. The minimum absolute atomic E-state index is 0.162. The van der Waals surface area contributed by atoms with Crippen LogP contribution in [0.4, 0.5) is 5.82 Å². The van der Waals surface area contributed by atoms with Crippen LogP contribution in [0.25, 0.3) is 10.8 Å². The number of rotatable bonds is 9. The van der Waals surface area contributed by atoms with Crippen molar-refractivity contribution in [1.29, 1.82) is 0 Å². The fraction of sp³-hybridized carbons (Fsp3) is 0.238. The van der Waals surface area contributed by atoms with Crippen LogP contribution in [0.15, 0.2) is 59.6 Å². The molecule has 0 spiro atoms. The molecule has 30 heavy (non-hydrogen) atoms. The second-order valence-electron chi connectivity index (χ2n) is 6.85. The first-order valence-electron chi connectivity index (χ1n) is 9.50. The number of fused-ring (bicyclic) bond motifs is 1. The molecule has 5 N–H and O–H groups in total. The molecule has 3 rings (SSSR count). The van der Waals surface area contributed by atoms with Crippen LogP contribution in [-0.2, 0) is 16.4 Å². The maximum atomic E-state index is 13.4. The molecule has 0 atom stereocenters. The smallest absolute Gasteiger partial charge is 0.335 e. The van der Waals surface area contributed by atoms with Gasteiger partial charge in [-0.2, -0.15) is 4.31 Å². The first-order valence-corrected chi connectivity index (χ1v) is 10.9. The zero-order chi connectivity index (χ0) is 21.7. The van der Waals surface area contributed by atoms with Crippen molar-refractivity contribution < 1.29 is 18.3 Å². The monoisotopic (exact) mass is 428 g/mol. The van der Waals surface area contributed by atoms with Crippen molar-refractivity contribution in [3.05, 3.63) is 65.9 Å². The second-order valence-corrected chi connectivity index (χ2v) is 8.76. The molecule has 0 fully saturated rings. The lowest BCUT2D eigenvalue weighted by Gasteiger charge is -2.22. The molecule has 9 heteroatoms. The number of carboxylic acid groups (broad SMARTS) is 1. The van der Waals surface area contributed by atoms with Gasteiger partial charge in [-0.1, -0.05) is 24.3 Å². The highest BCUT2D eigenvalue weighted by atomic mass is 32.2. The van der Waals surface area contributed by atoms with E-state index < -0.39 is 16.0 Å². The molecule has 0 aliphatic carbocycles. The minimum Gasteiger partial charge on any atom is -0.478 e. The Labute approximate surface area is 175 Å². The topological polar surface area (TPSA) is 140 Å². The van der Waals surface area contributed by atoms with Gasteiger partial charge in [-0.25, -0.2) is 18.2 Å². The van der Waals surface area contributed by atoms with Gasteiger partial charge in [0.25, 0.3) is 0 Å². The lowest BCUT2D eigenvalue weighted by Crippen LogP contribution is -2.36. The van der Waals surface area contributed by atoms with E-state index in [9.17, 15) is 13.2 Å². The van der Waals surface area contributed by atoms with Crippen molar-refractivity contribution in [2.75, 3.05) is 25.4 Å². The molecule has 1 aromatic heterocycles. The molecule has 0 saturated heterocycles. The highest BCUT2D eigenvalue weighted by molar-refractivity contribution is 7.89. The number of benzene rings is 2. The van der Waals surface area contributed by atoms with Crippen LogP contribution in [0, 0.1) is 0 Å². The van der Waals surface area contributed by atoms with E-state index in [0.29, 0.717) is 23.6 Å². The number of anilines is 1. The Kier molecular flexibility index (Phi) is 6.66. The van der Waals surface area contributed by atoms with Crippen molar-refractivity contribution in [2.45, 2.75) is 17.7 Å². The van der Waals surface area contributed by atoms with E-state index in [4.69, 9.17) is 16.6 Å². The van der Waals surface area contributed by atoms with Gasteiger partial charge >= 0.3 is 5.97 Å². The summed E-state index contributed by atoms with van der Waals surface area (Å²) in [4.78, 5) is 15.3. The number of aromatic carboxylic acids is 1. The SMILES string of the molecule is NCCN(CCCc1cccc(C(=O)O)c1)S(=O)(=O)c1cccc2c(N)nccc12. The Balaban J connectivity index is 1.83. The average molecular weight is 429 g/mol. The molecule has 2 aromatic carbocycles. The molecule has 0 radical (unpaired) electrons. The first kappa shape index (κ1) is 21.7. The van der Waals surface area contributed by atoms with Gasteiger partial charge in [0.15, 0.2) is 0 Å². The van der Waals surface area contributed by atoms with E-state index in [0.717, 1.165) is 5.56 Å². The normalized spacial score (nSPS) is 11.8. The molecule has 8 nitrogen and oxygen atoms in total. The molecule has 158 valence electrons. The molecule has 0 aliphatic heterocycles. The molecule has 0 unspecified atom stereocenters. The third-order valence-corrected chi connectivity index (χ3v) is 6.80. The number of sulfonamides is 1. The maximum Gasteiger partial charge on any atom is 0.335 e. The minimum atomic E-state index is -3.81. The molecular weight excluding hydrogens is 404 g/mol. The number of carbonyl (C=O) groups is 1. The molecular formula is C21H24N4O4S. The fourth-order valence-electron chi connectivity index (χ4n) is 3.38. The number of carboxylic acids is 1. The Morgan fingerprint density at radius 1 is 1.07 bits per heavy atom. The van der Waals surface area contributed by atoms with Crippen molar-refractivity contribution in [3.63, 3.8) is 0 Å². The van der Waals surface area contributed by atoms with Gasteiger partial charge in [-0.15, -0.1) is 0 Å². The molecule has 1 heterocycles. The number of hydrogen-bond acceptors (Lipinski definition) is 6. The third-order valence-electron chi connectivity index (χ3n) is 4.84. The summed E-state index contributed by atoms with van der Waals surface area (Å²) in [5.41, 5.74) is 12.6. The van der Waals surface area contributed by atoms with Crippen LogP contribution in [-0.4, -0.2) is 48.4 Å². The van der Waals surface area contributed by atoms with Gasteiger partial charge in [0, 0.05) is 36.6 Å². The van der Waals surface area contributed by atoms with Gasteiger partial charge < -0.3 is 16.6 Å². The number of pyridine rings is 1. The van der Waals surface area contributed by atoms with Gasteiger partial charge in [0.1, 0.15) is 5.82 Å². The summed E-state index contributed by atoms with van der Waals surface area (Å²) in [6.07, 6.45) is 2.56. The number of nitrogens with two attached hydrogens (primary N) is 2. The molecule has 3 aromatic rings. The maximum absolute atomic E-state index is 13.4. The first-order chi connectivity index (χ1) is 14.3. The standard InChI is InChI=1S/C21H24N4O4S/c22-10-13-25(12-3-5-15-4-1-6-16(14-15)21(26)27)30(28,29)19-8-2-7-18-17(19)9-11-24-20(18)23/h1-2,4,6-9,11,14H,3,5,10,12-13,22H2,(H2,23,24)(H,26,27). The van der Waals surface area contributed by atoms with Crippen LogP contribution < -0.4 is 11.5 Å². The molecule has 0 bridgehead atoms.